The van der Waals surface area contributed by atoms with Gasteiger partial charge in [0.15, 0.2) is 0 Å². The van der Waals surface area contributed by atoms with Crippen molar-refractivity contribution in [1.82, 2.24) is 0 Å². The fourth-order valence-electron chi connectivity index (χ4n) is 1.00. The molecule has 0 rings (SSSR count). The van der Waals surface area contributed by atoms with Crippen LogP contribution in [-0.4, -0.2) is 33.6 Å². The van der Waals surface area contributed by atoms with Gasteiger partial charge in [0.1, 0.15) is 0 Å². The van der Waals surface area contributed by atoms with Crippen molar-refractivity contribution in [3.05, 3.63) is 24.8 Å². The standard InChI is InChI=1S/C11H20O3/c1-3-4-7-10(13)11(14)8-5-6-9(2)12/h3,5,8-14H,1,4,6-7H2,2H3/b8-5+/t9-,10-,11+/m0/s1. The number of rotatable bonds is 7. The Labute approximate surface area is 85.4 Å². The molecule has 0 spiro atoms. The van der Waals surface area contributed by atoms with E-state index < -0.39 is 18.3 Å². The maximum Gasteiger partial charge on any atom is 0.0980 e. The highest BCUT2D eigenvalue weighted by molar-refractivity contribution is 4.93. The molecule has 0 aromatic carbocycles. The van der Waals surface area contributed by atoms with Crippen molar-refractivity contribution in [2.75, 3.05) is 0 Å². The number of hydrogen-bond acceptors (Lipinski definition) is 3. The van der Waals surface area contributed by atoms with Gasteiger partial charge in [-0.25, -0.2) is 0 Å². The van der Waals surface area contributed by atoms with Crippen LogP contribution in [0.25, 0.3) is 0 Å². The Morgan fingerprint density at radius 2 is 1.93 bits per heavy atom. The molecule has 0 radical (unpaired) electrons. The predicted molar refractivity (Wildman–Crippen MR) is 56.9 cm³/mol. The van der Waals surface area contributed by atoms with Crippen LogP contribution in [0.4, 0.5) is 0 Å². The maximum absolute atomic E-state index is 9.40. The summed E-state index contributed by atoms with van der Waals surface area (Å²) in [6, 6.07) is 0. The van der Waals surface area contributed by atoms with Gasteiger partial charge in [-0.3, -0.25) is 0 Å². The van der Waals surface area contributed by atoms with E-state index in [1.54, 1.807) is 19.1 Å². The van der Waals surface area contributed by atoms with Crippen molar-refractivity contribution in [2.24, 2.45) is 0 Å². The molecule has 0 fully saturated rings. The lowest BCUT2D eigenvalue weighted by molar-refractivity contribution is 0.0436. The average molecular weight is 200 g/mol. The lowest BCUT2D eigenvalue weighted by atomic mass is 10.1. The van der Waals surface area contributed by atoms with Gasteiger partial charge in [0.2, 0.25) is 0 Å². The van der Waals surface area contributed by atoms with Gasteiger partial charge in [0.25, 0.3) is 0 Å². The van der Waals surface area contributed by atoms with E-state index in [0.717, 1.165) is 0 Å². The van der Waals surface area contributed by atoms with Crippen LogP contribution in [0.2, 0.25) is 0 Å². The Bertz CT molecular complexity index is 175. The predicted octanol–water partition coefficient (Wildman–Crippen LogP) is 1.00. The van der Waals surface area contributed by atoms with E-state index in [4.69, 9.17) is 5.11 Å². The Hall–Kier alpha value is -0.640. The molecule has 82 valence electrons. The van der Waals surface area contributed by atoms with Crippen molar-refractivity contribution in [1.29, 1.82) is 0 Å². The number of aliphatic hydroxyl groups is 3. The van der Waals surface area contributed by atoms with Crippen LogP contribution in [0, 0.1) is 0 Å². The molecule has 0 aromatic heterocycles. The van der Waals surface area contributed by atoms with E-state index in [2.05, 4.69) is 6.58 Å². The molecule has 0 aliphatic carbocycles. The van der Waals surface area contributed by atoms with Crippen molar-refractivity contribution < 1.29 is 15.3 Å². The molecule has 0 amide bonds. The number of hydrogen-bond donors (Lipinski definition) is 3. The third kappa shape index (κ3) is 6.83. The van der Waals surface area contributed by atoms with E-state index >= 15 is 0 Å². The zero-order chi connectivity index (χ0) is 11.0. The van der Waals surface area contributed by atoms with Crippen LogP contribution in [-0.2, 0) is 0 Å². The van der Waals surface area contributed by atoms with E-state index in [1.165, 1.54) is 6.08 Å². The lowest BCUT2D eigenvalue weighted by Gasteiger charge is -2.13. The fourth-order valence-corrected chi connectivity index (χ4v) is 1.00. The molecule has 0 heterocycles. The van der Waals surface area contributed by atoms with Crippen LogP contribution in [0.5, 0.6) is 0 Å². The molecule has 3 atom stereocenters. The summed E-state index contributed by atoms with van der Waals surface area (Å²) in [5, 5.41) is 27.7. The quantitative estimate of drug-likeness (QED) is 0.537. The van der Waals surface area contributed by atoms with Gasteiger partial charge in [0.05, 0.1) is 18.3 Å². The van der Waals surface area contributed by atoms with Crippen molar-refractivity contribution in [2.45, 2.75) is 44.5 Å². The molecule has 3 nitrogen and oxygen atoms in total. The molecule has 14 heavy (non-hydrogen) atoms. The molecule has 0 aliphatic rings. The smallest absolute Gasteiger partial charge is 0.0980 e. The summed E-state index contributed by atoms with van der Waals surface area (Å²) in [4.78, 5) is 0. The summed E-state index contributed by atoms with van der Waals surface area (Å²) in [5.74, 6) is 0. The van der Waals surface area contributed by atoms with Crippen molar-refractivity contribution in [3.63, 3.8) is 0 Å². The molecule has 3 N–H and O–H groups in total. The Kier molecular flexibility index (Phi) is 7.38. The largest absolute Gasteiger partial charge is 0.393 e. The zero-order valence-electron chi connectivity index (χ0n) is 8.63. The monoisotopic (exact) mass is 200 g/mol. The summed E-state index contributed by atoms with van der Waals surface area (Å²) in [7, 11) is 0. The molecule has 0 bridgehead atoms. The highest BCUT2D eigenvalue weighted by Crippen LogP contribution is 2.05. The topological polar surface area (TPSA) is 60.7 Å². The summed E-state index contributed by atoms with van der Waals surface area (Å²) in [6.45, 7) is 5.21. The average Bonchev–Trinajstić information content (AvgIpc) is 2.13. The van der Waals surface area contributed by atoms with Crippen molar-refractivity contribution in [3.8, 4) is 0 Å². The van der Waals surface area contributed by atoms with Crippen LogP contribution in [0.3, 0.4) is 0 Å². The van der Waals surface area contributed by atoms with Gasteiger partial charge in [-0.1, -0.05) is 18.2 Å². The molecule has 0 aromatic rings. The van der Waals surface area contributed by atoms with Gasteiger partial charge in [0, 0.05) is 0 Å². The highest BCUT2D eigenvalue weighted by Gasteiger charge is 2.11. The minimum absolute atomic E-state index is 0.413. The summed E-state index contributed by atoms with van der Waals surface area (Å²) in [5.41, 5.74) is 0. The van der Waals surface area contributed by atoms with Gasteiger partial charge in [-0.15, -0.1) is 6.58 Å². The molecule has 0 saturated carbocycles. The van der Waals surface area contributed by atoms with Gasteiger partial charge >= 0.3 is 0 Å². The highest BCUT2D eigenvalue weighted by atomic mass is 16.3. The Morgan fingerprint density at radius 1 is 1.29 bits per heavy atom. The Morgan fingerprint density at radius 3 is 2.43 bits per heavy atom. The first kappa shape index (κ1) is 13.4. The molecule has 0 unspecified atom stereocenters. The van der Waals surface area contributed by atoms with E-state index in [0.29, 0.717) is 19.3 Å². The van der Waals surface area contributed by atoms with E-state index in [9.17, 15) is 10.2 Å². The minimum atomic E-state index is -0.853. The zero-order valence-corrected chi connectivity index (χ0v) is 8.63. The normalized spacial score (nSPS) is 18.0. The molecular weight excluding hydrogens is 180 g/mol. The van der Waals surface area contributed by atoms with Crippen LogP contribution < -0.4 is 0 Å². The first-order valence-electron chi connectivity index (χ1n) is 4.89. The van der Waals surface area contributed by atoms with Gasteiger partial charge in [-0.05, 0) is 26.2 Å². The van der Waals surface area contributed by atoms with Gasteiger partial charge < -0.3 is 15.3 Å². The lowest BCUT2D eigenvalue weighted by Crippen LogP contribution is -2.23. The summed E-state index contributed by atoms with van der Waals surface area (Å²) in [6.07, 6.45) is 4.55. The molecule has 0 saturated heterocycles. The number of aliphatic hydroxyl groups excluding tert-OH is 3. The summed E-state index contributed by atoms with van der Waals surface area (Å²) >= 11 is 0. The minimum Gasteiger partial charge on any atom is -0.393 e. The molecular formula is C11H20O3. The fraction of sp³-hybridized carbons (Fsp3) is 0.636. The second kappa shape index (κ2) is 7.74. The van der Waals surface area contributed by atoms with Crippen LogP contribution in [0.15, 0.2) is 24.8 Å². The van der Waals surface area contributed by atoms with Crippen LogP contribution in [0.1, 0.15) is 26.2 Å². The maximum atomic E-state index is 9.40. The first-order chi connectivity index (χ1) is 6.57. The van der Waals surface area contributed by atoms with E-state index in [-0.39, 0.29) is 0 Å². The first-order valence-corrected chi connectivity index (χ1v) is 4.89. The number of allylic oxidation sites excluding steroid dienone is 1. The second-order valence-corrected chi connectivity index (χ2v) is 3.44. The summed E-state index contributed by atoms with van der Waals surface area (Å²) < 4.78 is 0. The van der Waals surface area contributed by atoms with E-state index in [1.807, 2.05) is 0 Å². The Balaban J connectivity index is 3.75. The third-order valence-corrected chi connectivity index (χ3v) is 1.87. The molecule has 3 heteroatoms. The SMILES string of the molecule is C=CCC[C@H](O)[C@H](O)/C=C/C[C@H](C)O. The third-order valence-electron chi connectivity index (χ3n) is 1.87. The molecule has 0 aliphatic heterocycles. The van der Waals surface area contributed by atoms with Crippen LogP contribution >= 0.6 is 0 Å². The van der Waals surface area contributed by atoms with Gasteiger partial charge in [-0.2, -0.15) is 0 Å². The second-order valence-electron chi connectivity index (χ2n) is 3.44. The van der Waals surface area contributed by atoms with Crippen molar-refractivity contribution >= 4 is 0 Å².